The van der Waals surface area contributed by atoms with E-state index in [2.05, 4.69) is 19.9 Å². The van der Waals surface area contributed by atoms with Gasteiger partial charge >= 0.3 is 6.03 Å². The Hall–Kier alpha value is -2.37. The maximum absolute atomic E-state index is 12.3. The van der Waals surface area contributed by atoms with Gasteiger partial charge in [-0.2, -0.15) is 0 Å². The van der Waals surface area contributed by atoms with E-state index in [0.29, 0.717) is 5.92 Å². The van der Waals surface area contributed by atoms with Crippen LogP contribution in [0.4, 0.5) is 10.5 Å². The number of rotatable bonds is 3. The van der Waals surface area contributed by atoms with Crippen LogP contribution in [0, 0.1) is 12.8 Å². The van der Waals surface area contributed by atoms with Crippen molar-refractivity contribution in [1.29, 1.82) is 0 Å². The molecule has 1 N–H and O–H groups in total. The minimum atomic E-state index is -0.0960. The molecule has 0 fully saturated rings. The van der Waals surface area contributed by atoms with Crippen LogP contribution in [0.5, 0.6) is 0 Å². The number of aryl methyl sites for hydroxylation is 2. The van der Waals surface area contributed by atoms with Gasteiger partial charge in [0, 0.05) is 45.1 Å². The van der Waals surface area contributed by atoms with Gasteiger partial charge in [-0.3, -0.25) is 4.98 Å². The molecule has 116 valence electrons. The summed E-state index contributed by atoms with van der Waals surface area (Å²) in [4.78, 5) is 22.5. The minimum Gasteiger partial charge on any atom is -0.335 e. The Balaban J connectivity index is 1.55. The van der Waals surface area contributed by atoms with Gasteiger partial charge in [0.1, 0.15) is 5.82 Å². The summed E-state index contributed by atoms with van der Waals surface area (Å²) in [5.74, 6) is 1.58. The number of imidazole rings is 1. The Morgan fingerprint density at radius 3 is 3.18 bits per heavy atom. The maximum atomic E-state index is 12.3. The van der Waals surface area contributed by atoms with Crippen LogP contribution in [0.1, 0.15) is 17.8 Å². The fourth-order valence-corrected chi connectivity index (χ4v) is 2.88. The van der Waals surface area contributed by atoms with E-state index in [1.807, 2.05) is 32.4 Å². The highest BCUT2D eigenvalue weighted by Gasteiger charge is 2.22. The number of nitrogens with one attached hydrogen (secondary N) is 1. The molecule has 6 nitrogen and oxygen atoms in total. The van der Waals surface area contributed by atoms with Gasteiger partial charge in [-0.05, 0) is 30.9 Å². The second kappa shape index (κ2) is 6.17. The van der Waals surface area contributed by atoms with Gasteiger partial charge in [0.15, 0.2) is 0 Å². The molecule has 0 spiro atoms. The first-order valence-corrected chi connectivity index (χ1v) is 7.55. The summed E-state index contributed by atoms with van der Waals surface area (Å²) in [5.41, 5.74) is 1.76. The van der Waals surface area contributed by atoms with Crippen molar-refractivity contribution in [2.75, 3.05) is 18.9 Å². The molecule has 0 radical (unpaired) electrons. The highest BCUT2D eigenvalue weighted by atomic mass is 16.2. The van der Waals surface area contributed by atoms with Crippen molar-refractivity contribution >= 4 is 11.7 Å². The highest BCUT2D eigenvalue weighted by molar-refractivity contribution is 5.89. The summed E-state index contributed by atoms with van der Waals surface area (Å²) < 4.78 is 2.19. The van der Waals surface area contributed by atoms with Crippen molar-refractivity contribution in [3.63, 3.8) is 0 Å². The zero-order valence-corrected chi connectivity index (χ0v) is 13.0. The maximum Gasteiger partial charge on any atom is 0.321 e. The largest absolute Gasteiger partial charge is 0.335 e. The van der Waals surface area contributed by atoms with Crippen LogP contribution >= 0.6 is 0 Å². The second-order valence-corrected chi connectivity index (χ2v) is 5.96. The summed E-state index contributed by atoms with van der Waals surface area (Å²) in [6, 6.07) is 1.82. The van der Waals surface area contributed by atoms with Crippen LogP contribution in [-0.2, 0) is 13.0 Å². The molecule has 0 saturated carbocycles. The van der Waals surface area contributed by atoms with Crippen molar-refractivity contribution in [3.05, 3.63) is 42.2 Å². The minimum absolute atomic E-state index is 0.0960. The Bertz CT molecular complexity index is 666. The summed E-state index contributed by atoms with van der Waals surface area (Å²) in [6.07, 6.45) is 9.30. The quantitative estimate of drug-likeness (QED) is 0.946. The number of aromatic nitrogens is 3. The number of amides is 2. The van der Waals surface area contributed by atoms with Crippen molar-refractivity contribution in [1.82, 2.24) is 19.4 Å². The van der Waals surface area contributed by atoms with Crippen LogP contribution in [0.25, 0.3) is 0 Å². The van der Waals surface area contributed by atoms with Gasteiger partial charge in [0.25, 0.3) is 0 Å². The van der Waals surface area contributed by atoms with E-state index < -0.39 is 0 Å². The number of fused-ring (bicyclic) bond motifs is 1. The molecule has 3 rings (SSSR count). The molecule has 1 aliphatic heterocycles. The third-order valence-corrected chi connectivity index (χ3v) is 4.06. The standard InChI is InChI=1S/C16H21N5O/c1-12-7-14(10-17-9-12)19-16(22)20(2)11-13-3-5-21-6-4-18-15(21)8-13/h4,6-7,9-10,13H,3,5,8,11H2,1-2H3,(H,19,22). The molecule has 3 heterocycles. The monoisotopic (exact) mass is 299 g/mol. The van der Waals surface area contributed by atoms with Gasteiger partial charge in [-0.25, -0.2) is 9.78 Å². The predicted molar refractivity (Wildman–Crippen MR) is 84.7 cm³/mol. The second-order valence-electron chi connectivity index (χ2n) is 5.96. The number of urea groups is 1. The van der Waals surface area contributed by atoms with Crippen LogP contribution < -0.4 is 5.32 Å². The fraction of sp³-hybridized carbons (Fsp3) is 0.438. The Morgan fingerprint density at radius 1 is 1.50 bits per heavy atom. The smallest absolute Gasteiger partial charge is 0.321 e. The third kappa shape index (κ3) is 3.27. The summed E-state index contributed by atoms with van der Waals surface area (Å²) in [7, 11) is 1.83. The number of nitrogens with zero attached hydrogens (tertiary/aromatic N) is 4. The number of hydrogen-bond donors (Lipinski definition) is 1. The molecule has 2 aromatic rings. The number of hydrogen-bond acceptors (Lipinski definition) is 3. The van der Waals surface area contributed by atoms with E-state index in [1.165, 1.54) is 0 Å². The average Bonchev–Trinajstić information content (AvgIpc) is 2.94. The molecule has 0 aromatic carbocycles. The van der Waals surface area contributed by atoms with E-state index in [-0.39, 0.29) is 6.03 Å². The van der Waals surface area contributed by atoms with Gasteiger partial charge in [-0.1, -0.05) is 0 Å². The highest BCUT2D eigenvalue weighted by Crippen LogP contribution is 2.20. The first kappa shape index (κ1) is 14.6. The van der Waals surface area contributed by atoms with E-state index in [0.717, 1.165) is 43.0 Å². The zero-order valence-electron chi connectivity index (χ0n) is 13.0. The number of carbonyl (C=O) groups is 1. The third-order valence-electron chi connectivity index (χ3n) is 4.06. The molecule has 0 saturated heterocycles. The normalized spacial score (nSPS) is 16.9. The lowest BCUT2D eigenvalue weighted by Crippen LogP contribution is -2.37. The zero-order chi connectivity index (χ0) is 15.5. The van der Waals surface area contributed by atoms with E-state index >= 15 is 0 Å². The van der Waals surface area contributed by atoms with Crippen molar-refractivity contribution in [2.24, 2.45) is 5.92 Å². The van der Waals surface area contributed by atoms with Crippen molar-refractivity contribution < 1.29 is 4.79 Å². The van der Waals surface area contributed by atoms with Gasteiger partial charge in [0.2, 0.25) is 0 Å². The molecule has 1 unspecified atom stereocenters. The van der Waals surface area contributed by atoms with E-state index in [4.69, 9.17) is 0 Å². The molecule has 2 aromatic heterocycles. The van der Waals surface area contributed by atoms with E-state index in [1.54, 1.807) is 17.3 Å². The van der Waals surface area contributed by atoms with Crippen LogP contribution in [0.15, 0.2) is 30.9 Å². The van der Waals surface area contributed by atoms with Crippen LogP contribution in [-0.4, -0.2) is 39.1 Å². The SMILES string of the molecule is Cc1cncc(NC(=O)N(C)CC2CCn3ccnc3C2)c1. The molecule has 2 amide bonds. The summed E-state index contributed by atoms with van der Waals surface area (Å²) in [6.45, 7) is 3.67. The van der Waals surface area contributed by atoms with Crippen molar-refractivity contribution in [2.45, 2.75) is 26.3 Å². The molecule has 0 aliphatic carbocycles. The number of carbonyl (C=O) groups excluding carboxylic acids is 1. The van der Waals surface area contributed by atoms with E-state index in [9.17, 15) is 4.79 Å². The molecule has 22 heavy (non-hydrogen) atoms. The number of pyridine rings is 1. The predicted octanol–water partition coefficient (Wildman–Crippen LogP) is 2.31. The molecule has 6 heteroatoms. The molecular weight excluding hydrogens is 278 g/mol. The van der Waals surface area contributed by atoms with Crippen molar-refractivity contribution in [3.8, 4) is 0 Å². The first-order chi connectivity index (χ1) is 10.6. The lowest BCUT2D eigenvalue weighted by Gasteiger charge is -2.27. The average molecular weight is 299 g/mol. The topological polar surface area (TPSA) is 63.1 Å². The Morgan fingerprint density at radius 2 is 2.36 bits per heavy atom. The lowest BCUT2D eigenvalue weighted by atomic mass is 9.97. The Kier molecular flexibility index (Phi) is 4.09. The fourth-order valence-electron chi connectivity index (χ4n) is 2.88. The van der Waals surface area contributed by atoms with Crippen LogP contribution in [0.2, 0.25) is 0 Å². The molecular formula is C16H21N5O. The van der Waals surface area contributed by atoms with Gasteiger partial charge < -0.3 is 14.8 Å². The van der Waals surface area contributed by atoms with Gasteiger partial charge in [0.05, 0.1) is 11.9 Å². The lowest BCUT2D eigenvalue weighted by molar-refractivity contribution is 0.207. The first-order valence-electron chi connectivity index (χ1n) is 7.55. The molecule has 1 aliphatic rings. The molecule has 0 bridgehead atoms. The van der Waals surface area contributed by atoms with Gasteiger partial charge in [-0.15, -0.1) is 0 Å². The Labute approximate surface area is 130 Å². The molecule has 1 atom stereocenters. The summed E-state index contributed by atoms with van der Waals surface area (Å²) in [5, 5.41) is 2.89. The number of anilines is 1. The summed E-state index contributed by atoms with van der Waals surface area (Å²) >= 11 is 0. The van der Waals surface area contributed by atoms with Crippen LogP contribution in [0.3, 0.4) is 0 Å².